The number of ether oxygens (including phenoxy) is 4. The van der Waals surface area contributed by atoms with Crippen molar-refractivity contribution in [1.29, 1.82) is 0 Å². The minimum atomic E-state index is -1.94. The summed E-state index contributed by atoms with van der Waals surface area (Å²) in [7, 11) is -1.94. The monoisotopic (exact) mass is 364 g/mol. The summed E-state index contributed by atoms with van der Waals surface area (Å²) in [5.74, 6) is 0. The summed E-state index contributed by atoms with van der Waals surface area (Å²) in [5.41, 5.74) is 1.02. The highest BCUT2D eigenvalue weighted by molar-refractivity contribution is 6.74. The molecule has 3 saturated heterocycles. The van der Waals surface area contributed by atoms with E-state index in [1.54, 1.807) is 0 Å². The maximum atomic E-state index is 6.70. The summed E-state index contributed by atoms with van der Waals surface area (Å²) in [6, 6.07) is 10.0. The van der Waals surface area contributed by atoms with E-state index >= 15 is 0 Å². The van der Waals surface area contributed by atoms with Crippen LogP contribution in [0.4, 0.5) is 0 Å². The maximum absolute atomic E-state index is 6.70. The molecule has 3 fully saturated rings. The van der Waals surface area contributed by atoms with Gasteiger partial charge in [-0.1, -0.05) is 51.1 Å². The first kappa shape index (κ1) is 17.6. The zero-order valence-electron chi connectivity index (χ0n) is 15.6. The van der Waals surface area contributed by atoms with Crippen LogP contribution in [0, 0.1) is 0 Å². The molecule has 0 aliphatic carbocycles. The number of rotatable bonds is 3. The van der Waals surface area contributed by atoms with E-state index in [4.69, 9.17) is 23.4 Å². The van der Waals surface area contributed by atoms with Gasteiger partial charge in [0.25, 0.3) is 0 Å². The Kier molecular flexibility index (Phi) is 4.34. The van der Waals surface area contributed by atoms with Crippen molar-refractivity contribution >= 4 is 8.32 Å². The Morgan fingerprint density at radius 2 is 1.72 bits per heavy atom. The van der Waals surface area contributed by atoms with Crippen LogP contribution >= 0.6 is 0 Å². The first-order valence-electron chi connectivity index (χ1n) is 9.07. The van der Waals surface area contributed by atoms with Crippen molar-refractivity contribution in [2.45, 2.75) is 75.9 Å². The van der Waals surface area contributed by atoms with Crippen LogP contribution in [0.5, 0.6) is 0 Å². The van der Waals surface area contributed by atoms with Crippen molar-refractivity contribution in [3.05, 3.63) is 35.9 Å². The third-order valence-corrected chi connectivity index (χ3v) is 10.3. The lowest BCUT2D eigenvalue weighted by atomic mass is 10.0. The number of fused-ring (bicyclic) bond motifs is 2. The first-order valence-corrected chi connectivity index (χ1v) is 12.0. The molecule has 0 radical (unpaired) electrons. The summed E-state index contributed by atoms with van der Waals surface area (Å²) in [5, 5.41) is 0.134. The van der Waals surface area contributed by atoms with Gasteiger partial charge in [0.05, 0.1) is 6.61 Å². The molecule has 3 aliphatic rings. The average molecular weight is 365 g/mol. The molecule has 1 aromatic carbocycles. The number of epoxide rings is 1. The topological polar surface area (TPSA) is 49.5 Å². The second-order valence-corrected chi connectivity index (χ2v) is 13.4. The number of hydrogen-bond donors (Lipinski definition) is 0. The molecular weight excluding hydrogens is 336 g/mol. The van der Waals surface area contributed by atoms with Gasteiger partial charge in [0.15, 0.2) is 20.9 Å². The van der Waals surface area contributed by atoms with Gasteiger partial charge in [-0.05, 0) is 18.1 Å². The van der Waals surface area contributed by atoms with Crippen LogP contribution in [0.2, 0.25) is 18.1 Å². The Bertz CT molecular complexity index is 614. The molecule has 6 heteroatoms. The van der Waals surface area contributed by atoms with Crippen molar-refractivity contribution in [2.75, 3.05) is 6.61 Å². The molecule has 6 atom stereocenters. The Labute approximate surface area is 150 Å². The van der Waals surface area contributed by atoms with Crippen molar-refractivity contribution in [3.63, 3.8) is 0 Å². The maximum Gasteiger partial charge on any atom is 0.192 e. The fourth-order valence-electron chi connectivity index (χ4n) is 3.20. The van der Waals surface area contributed by atoms with Gasteiger partial charge in [-0.3, -0.25) is 0 Å². The standard InChI is InChI=1S/C19H28O5Si/c1-19(2,3)25(4,5)24-15-14-13(21-18-16(15)23-18)11-20-17(22-14)12-9-7-6-8-10-12/h6-10,13-18H,11H2,1-5H3/t13-,14+,15+,16-,17?,18+/m1/s1. The molecular formula is C19H28O5Si. The molecule has 5 nitrogen and oxygen atoms in total. The van der Waals surface area contributed by atoms with Crippen LogP contribution in [0.25, 0.3) is 0 Å². The zero-order valence-corrected chi connectivity index (χ0v) is 16.6. The molecule has 0 saturated carbocycles. The third-order valence-electron chi connectivity index (χ3n) is 5.81. The Morgan fingerprint density at radius 1 is 1.00 bits per heavy atom. The van der Waals surface area contributed by atoms with E-state index in [2.05, 4.69) is 33.9 Å². The summed E-state index contributed by atoms with van der Waals surface area (Å²) in [6.45, 7) is 11.8. The van der Waals surface area contributed by atoms with Gasteiger partial charge in [0.2, 0.25) is 0 Å². The van der Waals surface area contributed by atoms with Gasteiger partial charge >= 0.3 is 0 Å². The van der Waals surface area contributed by atoms with Crippen molar-refractivity contribution in [2.24, 2.45) is 0 Å². The van der Waals surface area contributed by atoms with Gasteiger partial charge < -0.3 is 23.4 Å². The highest BCUT2D eigenvalue weighted by atomic mass is 28.4. The second-order valence-electron chi connectivity index (χ2n) is 8.66. The Morgan fingerprint density at radius 3 is 2.40 bits per heavy atom. The number of benzene rings is 1. The van der Waals surface area contributed by atoms with E-state index in [1.807, 2.05) is 30.3 Å². The molecule has 3 aliphatic heterocycles. The SMILES string of the molecule is CC(C)(C)[Si](C)(C)O[C@H]1[C@H]2OC(c3ccccc3)OC[C@H]2O[C@H]2O[C@@H]21. The Balaban J connectivity index is 1.54. The van der Waals surface area contributed by atoms with E-state index < -0.39 is 8.32 Å². The third kappa shape index (κ3) is 3.31. The summed E-state index contributed by atoms with van der Waals surface area (Å²) < 4.78 is 30.6. The molecule has 1 unspecified atom stereocenters. The van der Waals surface area contributed by atoms with Gasteiger partial charge in [-0.25, -0.2) is 0 Å². The van der Waals surface area contributed by atoms with Gasteiger partial charge in [0, 0.05) is 5.56 Å². The van der Waals surface area contributed by atoms with Gasteiger partial charge in [0.1, 0.15) is 24.4 Å². The lowest BCUT2D eigenvalue weighted by Gasteiger charge is -2.46. The van der Waals surface area contributed by atoms with Crippen molar-refractivity contribution in [1.82, 2.24) is 0 Å². The summed E-state index contributed by atoms with van der Waals surface area (Å²) in [4.78, 5) is 0. The van der Waals surface area contributed by atoms with Gasteiger partial charge in [-0.2, -0.15) is 0 Å². The predicted octanol–water partition coefficient (Wildman–Crippen LogP) is 3.61. The fraction of sp³-hybridized carbons (Fsp3) is 0.684. The molecule has 4 rings (SSSR count). The van der Waals surface area contributed by atoms with Crippen LogP contribution in [0.1, 0.15) is 32.6 Å². The zero-order chi connectivity index (χ0) is 17.8. The minimum Gasteiger partial charge on any atom is -0.408 e. The highest BCUT2D eigenvalue weighted by Crippen LogP contribution is 2.46. The quantitative estimate of drug-likeness (QED) is 0.606. The van der Waals surface area contributed by atoms with Crippen molar-refractivity contribution in [3.8, 4) is 0 Å². The molecule has 0 spiro atoms. The Hall–Kier alpha value is -0.763. The van der Waals surface area contributed by atoms with E-state index in [1.165, 1.54) is 0 Å². The van der Waals surface area contributed by atoms with E-state index in [0.717, 1.165) is 5.56 Å². The van der Waals surface area contributed by atoms with E-state index in [9.17, 15) is 0 Å². The fourth-order valence-corrected chi connectivity index (χ4v) is 4.50. The van der Waals surface area contributed by atoms with Crippen LogP contribution < -0.4 is 0 Å². The first-order chi connectivity index (χ1) is 11.8. The van der Waals surface area contributed by atoms with E-state index in [-0.39, 0.29) is 42.0 Å². The minimum absolute atomic E-state index is 0.0232. The second kappa shape index (κ2) is 6.15. The molecule has 0 aromatic heterocycles. The largest absolute Gasteiger partial charge is 0.408 e. The number of hydrogen-bond acceptors (Lipinski definition) is 5. The molecule has 0 amide bonds. The molecule has 138 valence electrons. The summed E-state index contributed by atoms with van der Waals surface area (Å²) >= 11 is 0. The molecule has 25 heavy (non-hydrogen) atoms. The average Bonchev–Trinajstić information content (AvgIpc) is 3.33. The van der Waals surface area contributed by atoms with Crippen LogP contribution in [0.3, 0.4) is 0 Å². The lowest BCUT2D eigenvalue weighted by molar-refractivity contribution is -0.295. The summed E-state index contributed by atoms with van der Waals surface area (Å²) in [6.07, 6.45) is -0.983. The smallest absolute Gasteiger partial charge is 0.192 e. The van der Waals surface area contributed by atoms with Crippen LogP contribution in [-0.2, 0) is 23.4 Å². The molecule has 0 bridgehead atoms. The highest BCUT2D eigenvalue weighted by Gasteiger charge is 2.61. The van der Waals surface area contributed by atoms with Gasteiger partial charge in [-0.15, -0.1) is 0 Å². The van der Waals surface area contributed by atoms with Crippen LogP contribution in [0.15, 0.2) is 30.3 Å². The van der Waals surface area contributed by atoms with Crippen molar-refractivity contribution < 1.29 is 23.4 Å². The lowest BCUT2D eigenvalue weighted by Crippen LogP contribution is -2.59. The molecule has 3 heterocycles. The predicted molar refractivity (Wildman–Crippen MR) is 95.6 cm³/mol. The van der Waals surface area contributed by atoms with Crippen LogP contribution in [-0.4, -0.2) is 45.6 Å². The molecule has 0 N–H and O–H groups in total. The normalized spacial score (nSPS) is 38.0. The molecule has 1 aromatic rings. The van der Waals surface area contributed by atoms with E-state index in [0.29, 0.717) is 6.61 Å².